The zero-order valence-corrected chi connectivity index (χ0v) is 12.9. The largest absolute Gasteiger partial charge is 0.389 e. The van der Waals surface area contributed by atoms with Gasteiger partial charge in [0.15, 0.2) is 0 Å². The molecule has 23 heavy (non-hydrogen) atoms. The second-order valence-corrected chi connectivity index (χ2v) is 5.74. The van der Waals surface area contributed by atoms with Crippen LogP contribution in [0.1, 0.15) is 29.7 Å². The van der Waals surface area contributed by atoms with Gasteiger partial charge in [-0.15, -0.1) is 0 Å². The van der Waals surface area contributed by atoms with E-state index in [1.54, 1.807) is 31.2 Å². The summed E-state index contributed by atoms with van der Waals surface area (Å²) in [6, 6.07) is 10.5. The highest BCUT2D eigenvalue weighted by Gasteiger charge is 2.41. The molecule has 1 aliphatic heterocycles. The molecule has 2 atom stereocenters. The minimum Gasteiger partial charge on any atom is -0.389 e. The van der Waals surface area contributed by atoms with Gasteiger partial charge in [0.05, 0.1) is 12.7 Å². The average molecular weight is 319 g/mol. The van der Waals surface area contributed by atoms with Crippen molar-refractivity contribution in [2.24, 2.45) is 0 Å². The van der Waals surface area contributed by atoms with Crippen LogP contribution in [-0.4, -0.2) is 24.8 Å². The van der Waals surface area contributed by atoms with E-state index in [0.29, 0.717) is 30.8 Å². The lowest BCUT2D eigenvalue weighted by Crippen LogP contribution is -2.49. The van der Waals surface area contributed by atoms with Crippen molar-refractivity contribution in [3.63, 3.8) is 0 Å². The second kappa shape index (κ2) is 6.35. The van der Waals surface area contributed by atoms with Gasteiger partial charge >= 0.3 is 0 Å². The lowest BCUT2D eigenvalue weighted by molar-refractivity contribution is -0.0443. The molecule has 2 unspecified atom stereocenters. The first-order chi connectivity index (χ1) is 11.0. The van der Waals surface area contributed by atoms with Crippen molar-refractivity contribution in [3.05, 3.63) is 70.8 Å². The van der Waals surface area contributed by atoms with Crippen LogP contribution in [0.5, 0.6) is 0 Å². The van der Waals surface area contributed by atoms with Crippen molar-refractivity contribution in [2.45, 2.75) is 18.6 Å². The Morgan fingerprint density at radius 1 is 1.17 bits per heavy atom. The van der Waals surface area contributed by atoms with Crippen molar-refractivity contribution in [2.75, 3.05) is 19.7 Å². The Morgan fingerprint density at radius 2 is 1.96 bits per heavy atom. The Kier molecular flexibility index (Phi) is 4.43. The average Bonchev–Trinajstić information content (AvgIpc) is 2.57. The van der Waals surface area contributed by atoms with Crippen LogP contribution in [0.15, 0.2) is 42.5 Å². The molecular weight excluding hydrogens is 300 g/mol. The van der Waals surface area contributed by atoms with Gasteiger partial charge in [-0.3, -0.25) is 0 Å². The van der Waals surface area contributed by atoms with E-state index in [4.69, 9.17) is 4.74 Å². The Labute approximate surface area is 133 Å². The number of aliphatic hydroxyl groups is 1. The van der Waals surface area contributed by atoms with Gasteiger partial charge < -0.3 is 15.2 Å². The number of hydrogen-bond donors (Lipinski definition) is 2. The molecule has 0 spiro atoms. The number of benzene rings is 2. The Bertz CT molecular complexity index is 697. The third-order valence-corrected chi connectivity index (χ3v) is 4.21. The van der Waals surface area contributed by atoms with Gasteiger partial charge in [-0.1, -0.05) is 24.3 Å². The fourth-order valence-electron chi connectivity index (χ4n) is 3.14. The van der Waals surface area contributed by atoms with Gasteiger partial charge in [-0.05, 0) is 36.2 Å². The lowest BCUT2D eigenvalue weighted by Gasteiger charge is -2.40. The zero-order valence-electron chi connectivity index (χ0n) is 12.9. The van der Waals surface area contributed by atoms with Crippen LogP contribution in [-0.2, 0) is 10.3 Å². The first-order valence-corrected chi connectivity index (χ1v) is 7.62. The van der Waals surface area contributed by atoms with Crippen molar-refractivity contribution in [3.8, 4) is 0 Å². The predicted molar refractivity (Wildman–Crippen MR) is 83.0 cm³/mol. The molecule has 0 aromatic heterocycles. The van der Waals surface area contributed by atoms with Crippen LogP contribution in [0.3, 0.4) is 0 Å². The van der Waals surface area contributed by atoms with Crippen LogP contribution in [0.2, 0.25) is 0 Å². The SMILES string of the molecule is CC(O)c1ccccc1C1(c2cc(F)ccc2F)CNCCO1. The van der Waals surface area contributed by atoms with E-state index in [0.717, 1.165) is 12.1 Å². The minimum absolute atomic E-state index is 0.137. The summed E-state index contributed by atoms with van der Waals surface area (Å²) in [5, 5.41) is 13.3. The molecular formula is C18H19F2NO2. The van der Waals surface area contributed by atoms with Crippen molar-refractivity contribution in [1.29, 1.82) is 0 Å². The lowest BCUT2D eigenvalue weighted by atomic mass is 9.81. The minimum atomic E-state index is -1.17. The van der Waals surface area contributed by atoms with E-state index in [9.17, 15) is 13.9 Å². The van der Waals surface area contributed by atoms with Crippen molar-refractivity contribution < 1.29 is 18.6 Å². The Balaban J connectivity index is 2.24. The molecule has 2 N–H and O–H groups in total. The van der Waals surface area contributed by atoms with Gasteiger partial charge in [0.1, 0.15) is 17.2 Å². The molecule has 1 heterocycles. The molecule has 2 aromatic carbocycles. The fourth-order valence-corrected chi connectivity index (χ4v) is 3.14. The van der Waals surface area contributed by atoms with E-state index in [-0.39, 0.29) is 5.56 Å². The van der Waals surface area contributed by atoms with Crippen molar-refractivity contribution in [1.82, 2.24) is 5.32 Å². The Morgan fingerprint density at radius 3 is 2.65 bits per heavy atom. The van der Waals surface area contributed by atoms with Crippen LogP contribution < -0.4 is 5.32 Å². The molecule has 122 valence electrons. The number of ether oxygens (including phenoxy) is 1. The van der Waals surface area contributed by atoms with E-state index in [1.165, 1.54) is 6.07 Å². The summed E-state index contributed by atoms with van der Waals surface area (Å²) in [4.78, 5) is 0. The molecule has 0 bridgehead atoms. The normalized spacial score (nSPS) is 22.8. The molecule has 0 saturated carbocycles. The molecule has 3 nitrogen and oxygen atoms in total. The molecule has 5 heteroatoms. The van der Waals surface area contributed by atoms with Crippen LogP contribution in [0.25, 0.3) is 0 Å². The topological polar surface area (TPSA) is 41.5 Å². The number of nitrogens with one attached hydrogen (secondary N) is 1. The number of rotatable bonds is 3. The highest BCUT2D eigenvalue weighted by Crippen LogP contribution is 2.39. The molecule has 1 aliphatic rings. The molecule has 2 aromatic rings. The maximum atomic E-state index is 14.5. The molecule has 0 amide bonds. The van der Waals surface area contributed by atoms with Crippen LogP contribution >= 0.6 is 0 Å². The summed E-state index contributed by atoms with van der Waals surface area (Å²) in [6.07, 6.45) is -0.745. The summed E-state index contributed by atoms with van der Waals surface area (Å²) >= 11 is 0. The summed E-state index contributed by atoms with van der Waals surface area (Å²) < 4.78 is 34.2. The number of hydrogen-bond acceptors (Lipinski definition) is 3. The highest BCUT2D eigenvalue weighted by molar-refractivity contribution is 5.44. The third kappa shape index (κ3) is 2.87. The van der Waals surface area contributed by atoms with Gasteiger partial charge in [0.25, 0.3) is 0 Å². The van der Waals surface area contributed by atoms with Gasteiger partial charge in [-0.25, -0.2) is 8.78 Å². The van der Waals surface area contributed by atoms with Crippen LogP contribution in [0, 0.1) is 11.6 Å². The zero-order chi connectivity index (χ0) is 16.4. The quantitative estimate of drug-likeness (QED) is 0.914. The molecule has 1 fully saturated rings. The standard InChI is InChI=1S/C18H19F2NO2/c1-12(22)14-4-2-3-5-15(14)18(11-21-8-9-23-18)16-10-13(19)6-7-17(16)20/h2-7,10,12,21-22H,8-9,11H2,1H3. The molecule has 3 rings (SSSR count). The fraction of sp³-hybridized carbons (Fsp3) is 0.333. The summed E-state index contributed by atoms with van der Waals surface area (Å²) in [5.74, 6) is -1.06. The van der Waals surface area contributed by atoms with E-state index < -0.39 is 23.3 Å². The smallest absolute Gasteiger partial charge is 0.134 e. The monoisotopic (exact) mass is 319 g/mol. The van der Waals surface area contributed by atoms with Crippen LogP contribution in [0.4, 0.5) is 8.78 Å². The number of morpholine rings is 1. The van der Waals surface area contributed by atoms with Gasteiger partial charge in [0, 0.05) is 18.7 Å². The maximum absolute atomic E-state index is 14.5. The first kappa shape index (κ1) is 16.1. The third-order valence-electron chi connectivity index (χ3n) is 4.21. The summed E-state index contributed by atoms with van der Waals surface area (Å²) in [6.45, 7) is 2.95. The summed E-state index contributed by atoms with van der Waals surface area (Å²) in [5.41, 5.74) is 0.252. The molecule has 0 aliphatic carbocycles. The maximum Gasteiger partial charge on any atom is 0.134 e. The second-order valence-electron chi connectivity index (χ2n) is 5.74. The summed E-state index contributed by atoms with van der Waals surface area (Å²) in [7, 11) is 0. The molecule has 1 saturated heterocycles. The van der Waals surface area contributed by atoms with Gasteiger partial charge in [0.2, 0.25) is 0 Å². The highest BCUT2D eigenvalue weighted by atomic mass is 19.1. The number of halogens is 2. The Hall–Kier alpha value is -1.82. The van der Waals surface area contributed by atoms with E-state index in [2.05, 4.69) is 5.32 Å². The predicted octanol–water partition coefficient (Wildman–Crippen LogP) is 2.88. The molecule has 0 radical (unpaired) electrons. The van der Waals surface area contributed by atoms with Gasteiger partial charge in [-0.2, -0.15) is 0 Å². The first-order valence-electron chi connectivity index (χ1n) is 7.62. The van der Waals surface area contributed by atoms with E-state index >= 15 is 0 Å². The van der Waals surface area contributed by atoms with Crippen molar-refractivity contribution >= 4 is 0 Å². The van der Waals surface area contributed by atoms with E-state index in [1.807, 2.05) is 0 Å². The number of aliphatic hydroxyl groups excluding tert-OH is 1.